The summed E-state index contributed by atoms with van der Waals surface area (Å²) < 4.78 is 6.95. The molecule has 2 aromatic heterocycles. The Bertz CT molecular complexity index is 576. The van der Waals surface area contributed by atoms with Crippen molar-refractivity contribution in [3.8, 4) is 5.95 Å². The summed E-state index contributed by atoms with van der Waals surface area (Å²) in [5, 5.41) is 7.25. The van der Waals surface area contributed by atoms with Crippen LogP contribution in [0.5, 0.6) is 0 Å². The normalized spacial score (nSPS) is 22.1. The Kier molecular flexibility index (Phi) is 3.75. The molecule has 1 saturated heterocycles. The molecule has 0 aromatic carbocycles. The van der Waals surface area contributed by atoms with E-state index in [2.05, 4.69) is 37.3 Å². The van der Waals surface area contributed by atoms with Gasteiger partial charge < -0.3 is 10.1 Å². The highest BCUT2D eigenvalue weighted by molar-refractivity contribution is 6.28. The van der Waals surface area contributed by atoms with E-state index in [-0.39, 0.29) is 11.4 Å². The average Bonchev–Trinajstić information content (AvgIpc) is 3.07. The number of hydrogen-bond acceptors (Lipinski definition) is 7. The van der Waals surface area contributed by atoms with Crippen molar-refractivity contribution in [1.29, 1.82) is 0 Å². The van der Waals surface area contributed by atoms with Crippen LogP contribution in [0, 0.1) is 5.92 Å². The second kappa shape index (κ2) is 5.68. The van der Waals surface area contributed by atoms with E-state index in [9.17, 15) is 0 Å². The molecule has 106 valence electrons. The van der Waals surface area contributed by atoms with Gasteiger partial charge in [0.25, 0.3) is 5.95 Å². The van der Waals surface area contributed by atoms with Gasteiger partial charge in [0, 0.05) is 19.1 Å². The minimum atomic E-state index is 0.115. The molecule has 0 bridgehead atoms. The summed E-state index contributed by atoms with van der Waals surface area (Å²) in [6.45, 7) is 3.61. The molecule has 20 heavy (non-hydrogen) atoms. The van der Waals surface area contributed by atoms with Crippen molar-refractivity contribution < 1.29 is 4.74 Å². The molecule has 1 N–H and O–H groups in total. The molecule has 0 radical (unpaired) electrons. The van der Waals surface area contributed by atoms with E-state index in [1.807, 2.05) is 0 Å². The van der Waals surface area contributed by atoms with E-state index in [0.717, 1.165) is 19.6 Å². The number of aromatic nitrogens is 6. The Balaban J connectivity index is 1.73. The van der Waals surface area contributed by atoms with Crippen LogP contribution in [0.15, 0.2) is 12.7 Å². The van der Waals surface area contributed by atoms with E-state index in [4.69, 9.17) is 16.3 Å². The Hall–Kier alpha value is -1.80. The summed E-state index contributed by atoms with van der Waals surface area (Å²) >= 11 is 5.90. The van der Waals surface area contributed by atoms with Crippen molar-refractivity contribution in [3.05, 3.63) is 17.9 Å². The van der Waals surface area contributed by atoms with E-state index >= 15 is 0 Å². The molecule has 3 heterocycles. The third kappa shape index (κ3) is 2.86. The summed E-state index contributed by atoms with van der Waals surface area (Å²) in [5.74, 6) is 1.20. The van der Waals surface area contributed by atoms with Crippen molar-refractivity contribution in [1.82, 2.24) is 29.7 Å². The molecule has 0 aliphatic carbocycles. The van der Waals surface area contributed by atoms with Crippen LogP contribution < -0.4 is 5.32 Å². The van der Waals surface area contributed by atoms with Gasteiger partial charge >= 0.3 is 0 Å². The first-order valence-electron chi connectivity index (χ1n) is 6.34. The molecule has 2 aromatic rings. The molecule has 9 heteroatoms. The highest BCUT2D eigenvalue weighted by Crippen LogP contribution is 2.20. The molecule has 3 rings (SSSR count). The van der Waals surface area contributed by atoms with Crippen LogP contribution in [0.3, 0.4) is 0 Å². The number of anilines is 1. The third-order valence-electron chi connectivity index (χ3n) is 3.28. The molecule has 0 saturated carbocycles. The summed E-state index contributed by atoms with van der Waals surface area (Å²) in [6, 6.07) is 0. The molecule has 0 spiro atoms. The molecule has 1 aliphatic rings. The lowest BCUT2D eigenvalue weighted by Gasteiger charge is -2.14. The quantitative estimate of drug-likeness (QED) is 0.897. The van der Waals surface area contributed by atoms with Crippen LogP contribution in [0.1, 0.15) is 13.3 Å². The van der Waals surface area contributed by atoms with Crippen LogP contribution in [-0.2, 0) is 4.74 Å². The maximum absolute atomic E-state index is 5.90. The molecular formula is C11H14ClN7O. The van der Waals surface area contributed by atoms with Gasteiger partial charge in [-0.05, 0) is 24.9 Å². The smallest absolute Gasteiger partial charge is 0.258 e. The van der Waals surface area contributed by atoms with Gasteiger partial charge in [-0.15, -0.1) is 0 Å². The van der Waals surface area contributed by atoms with E-state index < -0.39 is 0 Å². The highest BCUT2D eigenvalue weighted by atomic mass is 35.5. The summed E-state index contributed by atoms with van der Waals surface area (Å²) in [5.41, 5.74) is 0. The lowest BCUT2D eigenvalue weighted by Crippen LogP contribution is -2.22. The van der Waals surface area contributed by atoms with Crippen molar-refractivity contribution in [2.75, 3.05) is 18.5 Å². The Morgan fingerprint density at radius 3 is 3.05 bits per heavy atom. The molecule has 1 aliphatic heterocycles. The minimum Gasteiger partial charge on any atom is -0.378 e. The van der Waals surface area contributed by atoms with Gasteiger partial charge in [0.05, 0.1) is 6.10 Å². The van der Waals surface area contributed by atoms with Gasteiger partial charge in [0.15, 0.2) is 0 Å². The molecule has 2 unspecified atom stereocenters. The predicted molar refractivity (Wildman–Crippen MR) is 71.8 cm³/mol. The fourth-order valence-electron chi connectivity index (χ4n) is 2.10. The Morgan fingerprint density at radius 2 is 2.35 bits per heavy atom. The summed E-state index contributed by atoms with van der Waals surface area (Å²) in [4.78, 5) is 16.2. The minimum absolute atomic E-state index is 0.115. The largest absolute Gasteiger partial charge is 0.378 e. The molecule has 8 nitrogen and oxygen atoms in total. The summed E-state index contributed by atoms with van der Waals surface area (Å²) in [7, 11) is 0. The van der Waals surface area contributed by atoms with Gasteiger partial charge in [0.1, 0.15) is 12.7 Å². The standard InChI is InChI=1S/C11H14ClN7O/c1-7-8(2-3-20-7)4-14-10-16-9(12)17-11(18-10)19-6-13-5-15-19/h5-8H,2-4H2,1H3,(H,14,16,17,18). The van der Waals surface area contributed by atoms with Crippen molar-refractivity contribution in [3.63, 3.8) is 0 Å². The van der Waals surface area contributed by atoms with Crippen molar-refractivity contribution in [2.24, 2.45) is 5.92 Å². The fraction of sp³-hybridized carbons (Fsp3) is 0.545. The lowest BCUT2D eigenvalue weighted by atomic mass is 10.0. The van der Waals surface area contributed by atoms with Gasteiger partial charge in [0.2, 0.25) is 11.2 Å². The van der Waals surface area contributed by atoms with Crippen LogP contribution in [-0.4, -0.2) is 49.0 Å². The SMILES string of the molecule is CC1OCCC1CNc1nc(Cl)nc(-n2cncn2)n1. The monoisotopic (exact) mass is 295 g/mol. The fourth-order valence-corrected chi connectivity index (χ4v) is 2.25. The second-order valence-corrected chi connectivity index (χ2v) is 4.91. The van der Waals surface area contributed by atoms with E-state index in [1.165, 1.54) is 17.3 Å². The zero-order valence-electron chi connectivity index (χ0n) is 10.9. The lowest BCUT2D eigenvalue weighted by molar-refractivity contribution is 0.108. The zero-order chi connectivity index (χ0) is 13.9. The van der Waals surface area contributed by atoms with Gasteiger partial charge in [-0.1, -0.05) is 0 Å². The van der Waals surface area contributed by atoms with Gasteiger partial charge in [-0.3, -0.25) is 0 Å². The zero-order valence-corrected chi connectivity index (χ0v) is 11.7. The van der Waals surface area contributed by atoms with Crippen LogP contribution >= 0.6 is 11.6 Å². The van der Waals surface area contributed by atoms with Crippen molar-refractivity contribution in [2.45, 2.75) is 19.4 Å². The Labute approximate surface area is 120 Å². The van der Waals surface area contributed by atoms with Gasteiger partial charge in [-0.2, -0.15) is 24.7 Å². The third-order valence-corrected chi connectivity index (χ3v) is 3.44. The first kappa shape index (κ1) is 13.2. The first-order chi connectivity index (χ1) is 9.72. The number of nitrogens with one attached hydrogen (secondary N) is 1. The molecular weight excluding hydrogens is 282 g/mol. The molecule has 1 fully saturated rings. The molecule has 2 atom stereocenters. The topological polar surface area (TPSA) is 90.6 Å². The number of hydrogen-bond donors (Lipinski definition) is 1. The maximum atomic E-state index is 5.90. The van der Waals surface area contributed by atoms with Crippen LogP contribution in [0.2, 0.25) is 5.28 Å². The number of halogens is 1. The van der Waals surface area contributed by atoms with E-state index in [1.54, 1.807) is 0 Å². The highest BCUT2D eigenvalue weighted by Gasteiger charge is 2.24. The Morgan fingerprint density at radius 1 is 1.45 bits per heavy atom. The summed E-state index contributed by atoms with van der Waals surface area (Å²) in [6.07, 6.45) is 4.18. The van der Waals surface area contributed by atoms with Crippen LogP contribution in [0.4, 0.5) is 5.95 Å². The first-order valence-corrected chi connectivity index (χ1v) is 6.72. The number of rotatable bonds is 4. The number of ether oxygens (including phenoxy) is 1. The molecule has 0 amide bonds. The van der Waals surface area contributed by atoms with Gasteiger partial charge in [-0.25, -0.2) is 4.98 Å². The average molecular weight is 296 g/mol. The maximum Gasteiger partial charge on any atom is 0.258 e. The van der Waals surface area contributed by atoms with Crippen molar-refractivity contribution >= 4 is 17.5 Å². The predicted octanol–water partition coefficient (Wildman–Crippen LogP) is 0.943. The van der Waals surface area contributed by atoms with Crippen LogP contribution in [0.25, 0.3) is 5.95 Å². The number of nitrogens with zero attached hydrogens (tertiary/aromatic N) is 6. The van der Waals surface area contributed by atoms with E-state index in [0.29, 0.717) is 17.8 Å². The second-order valence-electron chi connectivity index (χ2n) is 4.57.